The van der Waals surface area contributed by atoms with Gasteiger partial charge in [-0.05, 0) is 33.8 Å². The lowest BCUT2D eigenvalue weighted by atomic mass is 10.2. The molecule has 1 N–H and O–H groups in total. The Morgan fingerprint density at radius 1 is 1.35 bits per heavy atom. The molecule has 0 unspecified atom stereocenters. The fourth-order valence-corrected chi connectivity index (χ4v) is 1.24. The maximum atomic E-state index is 11.7. The van der Waals surface area contributed by atoms with Crippen LogP contribution in [0, 0.1) is 0 Å². The summed E-state index contributed by atoms with van der Waals surface area (Å²) < 4.78 is 5.11. The van der Waals surface area contributed by atoms with Crippen molar-refractivity contribution in [1.82, 2.24) is 5.06 Å². The van der Waals surface area contributed by atoms with Crippen molar-refractivity contribution < 1.29 is 24.3 Å². The van der Waals surface area contributed by atoms with Gasteiger partial charge in [0.1, 0.15) is 5.60 Å². The number of carbonyl (C=O) groups excluding carboxylic acids is 1. The number of ether oxygens (including phenoxy) is 1. The first-order valence-electron chi connectivity index (χ1n) is 5.31. The van der Waals surface area contributed by atoms with Crippen molar-refractivity contribution in [2.45, 2.75) is 45.4 Å². The highest BCUT2D eigenvalue weighted by molar-refractivity contribution is 5.76. The van der Waals surface area contributed by atoms with Crippen LogP contribution in [0.2, 0.25) is 0 Å². The first-order valence-corrected chi connectivity index (χ1v) is 5.31. The van der Waals surface area contributed by atoms with E-state index in [9.17, 15) is 9.59 Å². The maximum absolute atomic E-state index is 11.7. The number of nitrogens with zero attached hydrogens (tertiary/aromatic N) is 1. The second kappa shape index (κ2) is 4.75. The summed E-state index contributed by atoms with van der Waals surface area (Å²) in [5.41, 5.74) is -0.653. The van der Waals surface area contributed by atoms with E-state index in [4.69, 9.17) is 14.7 Å². The molecule has 0 bridgehead atoms. The summed E-state index contributed by atoms with van der Waals surface area (Å²) in [6, 6.07) is -0.361. The van der Waals surface area contributed by atoms with Crippen molar-refractivity contribution in [3.05, 3.63) is 12.2 Å². The minimum Gasteiger partial charge on any atom is -0.479 e. The summed E-state index contributed by atoms with van der Waals surface area (Å²) in [6.45, 7) is 6.89. The zero-order valence-electron chi connectivity index (χ0n) is 10.3. The molecule has 0 saturated heterocycles. The predicted octanol–water partition coefficient (Wildman–Crippen LogP) is 1.57. The maximum Gasteiger partial charge on any atom is 0.435 e. The van der Waals surface area contributed by atoms with Gasteiger partial charge in [0.25, 0.3) is 0 Å². The summed E-state index contributed by atoms with van der Waals surface area (Å²) in [4.78, 5) is 27.5. The van der Waals surface area contributed by atoms with Crippen LogP contribution in [0.4, 0.5) is 4.79 Å². The van der Waals surface area contributed by atoms with Crippen molar-refractivity contribution in [2.24, 2.45) is 0 Å². The second-order valence-electron chi connectivity index (χ2n) is 4.80. The lowest BCUT2D eigenvalue weighted by Crippen LogP contribution is -2.47. The monoisotopic (exact) mass is 243 g/mol. The Morgan fingerprint density at radius 2 is 1.94 bits per heavy atom. The molecular weight excluding hydrogens is 226 g/mol. The third-order valence-electron chi connectivity index (χ3n) is 1.98. The molecule has 1 aliphatic heterocycles. The third kappa shape index (κ3) is 3.74. The fraction of sp³-hybridized carbons (Fsp3) is 0.636. The van der Waals surface area contributed by atoms with E-state index < -0.39 is 23.8 Å². The van der Waals surface area contributed by atoms with Gasteiger partial charge in [0.15, 0.2) is 0 Å². The summed E-state index contributed by atoms with van der Waals surface area (Å²) in [6.07, 6.45) is 1.14. The number of carbonyl (C=O) groups is 2. The lowest BCUT2D eigenvalue weighted by Gasteiger charge is -2.33. The molecule has 6 heteroatoms. The van der Waals surface area contributed by atoms with E-state index in [2.05, 4.69) is 0 Å². The van der Waals surface area contributed by atoms with Crippen LogP contribution in [0.25, 0.3) is 0 Å². The van der Waals surface area contributed by atoms with Gasteiger partial charge in [-0.3, -0.25) is 0 Å². The van der Waals surface area contributed by atoms with Gasteiger partial charge >= 0.3 is 12.1 Å². The van der Waals surface area contributed by atoms with E-state index >= 15 is 0 Å². The van der Waals surface area contributed by atoms with E-state index in [0.29, 0.717) is 0 Å². The van der Waals surface area contributed by atoms with Gasteiger partial charge in [-0.15, -0.1) is 0 Å². The molecule has 96 valence electrons. The summed E-state index contributed by atoms with van der Waals surface area (Å²) >= 11 is 0. The Hall–Kier alpha value is -1.56. The van der Waals surface area contributed by atoms with Crippen LogP contribution in [-0.4, -0.2) is 40.0 Å². The quantitative estimate of drug-likeness (QED) is 0.707. The summed E-state index contributed by atoms with van der Waals surface area (Å²) in [7, 11) is 0. The molecule has 17 heavy (non-hydrogen) atoms. The average molecular weight is 243 g/mol. The summed E-state index contributed by atoms with van der Waals surface area (Å²) in [5, 5.41) is 9.74. The number of aliphatic carboxylic acids is 1. The van der Waals surface area contributed by atoms with Crippen LogP contribution in [0.3, 0.4) is 0 Å². The van der Waals surface area contributed by atoms with Crippen molar-refractivity contribution in [3.8, 4) is 0 Å². The van der Waals surface area contributed by atoms with Gasteiger partial charge < -0.3 is 9.84 Å². The number of rotatable bonds is 1. The molecule has 0 saturated carbocycles. The Kier molecular flexibility index (Phi) is 3.77. The molecule has 0 spiro atoms. The van der Waals surface area contributed by atoms with E-state index in [1.807, 2.05) is 0 Å². The Morgan fingerprint density at radius 3 is 2.41 bits per heavy atom. The number of hydrogen-bond donors (Lipinski definition) is 1. The molecule has 0 aliphatic carbocycles. The predicted molar refractivity (Wildman–Crippen MR) is 59.2 cm³/mol. The Balaban J connectivity index is 2.74. The Bertz CT molecular complexity index is 344. The number of amides is 1. The van der Waals surface area contributed by atoms with E-state index in [1.54, 1.807) is 33.8 Å². The number of hydroxylamine groups is 2. The van der Waals surface area contributed by atoms with Crippen LogP contribution in [-0.2, 0) is 14.4 Å². The van der Waals surface area contributed by atoms with Crippen LogP contribution >= 0.6 is 0 Å². The van der Waals surface area contributed by atoms with E-state index in [0.717, 1.165) is 5.06 Å². The minimum absolute atomic E-state index is 0.361. The molecule has 2 atom stereocenters. The summed E-state index contributed by atoms with van der Waals surface area (Å²) in [5.74, 6) is -1.15. The molecule has 1 heterocycles. The topological polar surface area (TPSA) is 76.1 Å². The average Bonchev–Trinajstić information content (AvgIpc) is 2.14. The molecular formula is C11H17NO5. The molecule has 0 radical (unpaired) electrons. The zero-order chi connectivity index (χ0) is 13.2. The molecule has 1 aliphatic rings. The van der Waals surface area contributed by atoms with Crippen LogP contribution in [0.15, 0.2) is 12.2 Å². The first-order chi connectivity index (χ1) is 7.70. The highest BCUT2D eigenvalue weighted by atomic mass is 16.7. The second-order valence-corrected chi connectivity index (χ2v) is 4.80. The third-order valence-corrected chi connectivity index (χ3v) is 1.98. The molecule has 0 aromatic rings. The minimum atomic E-state index is -1.15. The molecule has 0 fully saturated rings. The van der Waals surface area contributed by atoms with Gasteiger partial charge in [0.2, 0.25) is 6.10 Å². The van der Waals surface area contributed by atoms with E-state index in [-0.39, 0.29) is 6.04 Å². The normalized spacial score (nSPS) is 24.6. The number of carboxylic acids is 1. The van der Waals surface area contributed by atoms with Crippen molar-refractivity contribution >= 4 is 12.1 Å². The smallest absolute Gasteiger partial charge is 0.435 e. The van der Waals surface area contributed by atoms with Crippen LogP contribution in [0.1, 0.15) is 27.7 Å². The van der Waals surface area contributed by atoms with Crippen molar-refractivity contribution in [3.63, 3.8) is 0 Å². The standard InChI is InChI=1S/C11H17NO5/c1-7-5-6-8(9(13)14)17-12(7)10(15)16-11(2,3)4/h5-8H,1-4H3,(H,13,14)/t7-,8-/m1/s1. The van der Waals surface area contributed by atoms with Crippen molar-refractivity contribution in [2.75, 3.05) is 0 Å². The van der Waals surface area contributed by atoms with Gasteiger partial charge in [-0.1, -0.05) is 6.08 Å². The lowest BCUT2D eigenvalue weighted by molar-refractivity contribution is -0.200. The largest absolute Gasteiger partial charge is 0.479 e. The SMILES string of the molecule is C[C@@H]1C=C[C@H](C(=O)O)ON1C(=O)OC(C)(C)C. The fourth-order valence-electron chi connectivity index (χ4n) is 1.24. The van der Waals surface area contributed by atoms with Gasteiger partial charge in [0, 0.05) is 0 Å². The molecule has 0 aromatic heterocycles. The zero-order valence-corrected chi connectivity index (χ0v) is 10.3. The molecule has 0 aromatic carbocycles. The highest BCUT2D eigenvalue weighted by Crippen LogP contribution is 2.18. The molecule has 1 amide bonds. The van der Waals surface area contributed by atoms with Crippen molar-refractivity contribution in [1.29, 1.82) is 0 Å². The van der Waals surface area contributed by atoms with Crippen LogP contribution < -0.4 is 0 Å². The van der Waals surface area contributed by atoms with Crippen LogP contribution in [0.5, 0.6) is 0 Å². The number of carboxylic acid groups (broad SMARTS) is 1. The van der Waals surface area contributed by atoms with E-state index in [1.165, 1.54) is 6.08 Å². The first kappa shape index (κ1) is 13.5. The highest BCUT2D eigenvalue weighted by Gasteiger charge is 2.33. The van der Waals surface area contributed by atoms with Gasteiger partial charge in [-0.25, -0.2) is 14.4 Å². The number of hydrogen-bond acceptors (Lipinski definition) is 4. The molecule has 6 nitrogen and oxygen atoms in total. The van der Waals surface area contributed by atoms with Gasteiger partial charge in [0.05, 0.1) is 6.04 Å². The Labute approximate surface area is 99.8 Å². The van der Waals surface area contributed by atoms with Gasteiger partial charge in [-0.2, -0.15) is 5.06 Å². The molecule has 1 rings (SSSR count).